The molecule has 0 radical (unpaired) electrons. The van der Waals surface area contributed by atoms with Crippen molar-refractivity contribution in [1.29, 1.82) is 0 Å². The van der Waals surface area contributed by atoms with Gasteiger partial charge in [-0.1, -0.05) is 12.1 Å². The minimum Gasteiger partial charge on any atom is -0.478 e. The van der Waals surface area contributed by atoms with E-state index < -0.39 is 17.7 Å². The van der Waals surface area contributed by atoms with E-state index in [4.69, 9.17) is 9.72 Å². The number of carbonyl (C=O) groups is 2. The van der Waals surface area contributed by atoms with E-state index in [1.807, 2.05) is 25.3 Å². The van der Waals surface area contributed by atoms with Crippen LogP contribution in [-0.2, 0) is 11.3 Å². The summed E-state index contributed by atoms with van der Waals surface area (Å²) in [7, 11) is 0. The minimum atomic E-state index is -1.02. The zero-order valence-electron chi connectivity index (χ0n) is 19.5. The number of carboxylic acid groups (broad SMARTS) is 1. The van der Waals surface area contributed by atoms with Crippen LogP contribution >= 0.6 is 0 Å². The number of ether oxygens (including phenoxy) is 1. The Morgan fingerprint density at radius 3 is 2.62 bits per heavy atom. The third-order valence-corrected chi connectivity index (χ3v) is 5.65. The van der Waals surface area contributed by atoms with Crippen molar-refractivity contribution in [3.63, 3.8) is 0 Å². The van der Waals surface area contributed by atoms with Crippen LogP contribution in [0.25, 0.3) is 11.0 Å². The van der Waals surface area contributed by atoms with Crippen molar-refractivity contribution < 1.29 is 23.8 Å². The number of benzene rings is 2. The molecule has 0 bridgehead atoms. The van der Waals surface area contributed by atoms with E-state index in [1.54, 1.807) is 24.3 Å². The Bertz CT molecular complexity index is 1200. The zero-order chi connectivity index (χ0) is 24.5. The number of fused-ring (bicyclic) bond motifs is 1. The molecular weight excluding hydrogens is 439 g/mol. The molecule has 8 nitrogen and oxygen atoms in total. The molecule has 1 aromatic heterocycles. The largest absolute Gasteiger partial charge is 0.478 e. The molecule has 4 rings (SSSR count). The summed E-state index contributed by atoms with van der Waals surface area (Å²) in [5.41, 5.74) is 1.81. The number of carboxylic acids is 1. The van der Waals surface area contributed by atoms with Crippen molar-refractivity contribution in [1.82, 2.24) is 14.9 Å². The van der Waals surface area contributed by atoms with Crippen LogP contribution in [0.3, 0.4) is 0 Å². The number of aromatic nitrogens is 2. The van der Waals surface area contributed by atoms with Crippen molar-refractivity contribution in [2.45, 2.75) is 51.8 Å². The lowest BCUT2D eigenvalue weighted by atomic mass is 10.1. The van der Waals surface area contributed by atoms with Gasteiger partial charge in [-0.3, -0.25) is 0 Å². The number of piperidine rings is 1. The van der Waals surface area contributed by atoms with Crippen LogP contribution in [0.15, 0.2) is 42.5 Å². The summed E-state index contributed by atoms with van der Waals surface area (Å²) in [6, 6.07) is 10.9. The highest BCUT2D eigenvalue weighted by molar-refractivity contribution is 5.93. The molecule has 0 aliphatic carbocycles. The first-order valence-electron chi connectivity index (χ1n) is 11.3. The molecule has 2 N–H and O–H groups in total. The molecule has 1 fully saturated rings. The summed E-state index contributed by atoms with van der Waals surface area (Å²) in [5, 5.41) is 12.4. The first kappa shape index (κ1) is 23.5. The summed E-state index contributed by atoms with van der Waals surface area (Å²) < 4.78 is 20.8. The second-order valence-corrected chi connectivity index (χ2v) is 9.56. The standard InChI is InChI=1S/C25H29FN4O4/c1-25(2,3)34-24(33)27-19-5-4-12-29(15-19)23-28-20-11-8-17(22(31)32)13-21(20)30(23)14-16-6-9-18(26)10-7-16/h6-11,13,19H,4-5,12,14-15H2,1-3H3,(H,27,33)(H,31,32)/t19-/m1/s1. The number of hydrogen-bond acceptors (Lipinski definition) is 5. The zero-order valence-corrected chi connectivity index (χ0v) is 19.5. The van der Waals surface area contributed by atoms with Gasteiger partial charge in [0.2, 0.25) is 5.95 Å². The van der Waals surface area contributed by atoms with Crippen LogP contribution in [0.4, 0.5) is 15.1 Å². The number of hydrogen-bond donors (Lipinski definition) is 2. The predicted molar refractivity (Wildman–Crippen MR) is 127 cm³/mol. The van der Waals surface area contributed by atoms with Crippen LogP contribution in [-0.4, -0.2) is 51.5 Å². The fourth-order valence-electron chi connectivity index (χ4n) is 4.16. The molecule has 1 amide bonds. The molecule has 2 heterocycles. The lowest BCUT2D eigenvalue weighted by molar-refractivity contribution is 0.0499. The molecule has 0 saturated carbocycles. The van der Waals surface area contributed by atoms with Gasteiger partial charge in [-0.15, -0.1) is 0 Å². The van der Waals surface area contributed by atoms with E-state index in [0.717, 1.165) is 24.9 Å². The van der Waals surface area contributed by atoms with Gasteiger partial charge in [0.25, 0.3) is 0 Å². The van der Waals surface area contributed by atoms with Gasteiger partial charge in [-0.05, 0) is 69.5 Å². The van der Waals surface area contributed by atoms with E-state index in [2.05, 4.69) is 10.2 Å². The highest BCUT2D eigenvalue weighted by Gasteiger charge is 2.27. The Morgan fingerprint density at radius 2 is 1.94 bits per heavy atom. The second kappa shape index (κ2) is 9.32. The molecule has 34 heavy (non-hydrogen) atoms. The lowest BCUT2D eigenvalue weighted by Gasteiger charge is -2.34. The normalized spacial score (nSPS) is 16.5. The molecule has 2 aromatic carbocycles. The van der Waals surface area contributed by atoms with E-state index >= 15 is 0 Å². The SMILES string of the molecule is CC(C)(C)OC(=O)N[C@@H]1CCCN(c2nc3ccc(C(=O)O)cc3n2Cc2ccc(F)cc2)C1. The minimum absolute atomic E-state index is 0.114. The van der Waals surface area contributed by atoms with E-state index in [-0.39, 0.29) is 17.4 Å². The van der Waals surface area contributed by atoms with Crippen molar-refractivity contribution in [2.75, 3.05) is 18.0 Å². The molecule has 3 aromatic rings. The summed E-state index contributed by atoms with van der Waals surface area (Å²) in [6.45, 7) is 7.15. The maximum atomic E-state index is 13.4. The molecule has 1 aliphatic heterocycles. The maximum Gasteiger partial charge on any atom is 0.407 e. The molecule has 0 unspecified atom stereocenters. The number of nitrogens with one attached hydrogen (secondary N) is 1. The Kier molecular flexibility index (Phi) is 6.45. The fourth-order valence-corrected chi connectivity index (χ4v) is 4.16. The smallest absolute Gasteiger partial charge is 0.407 e. The van der Waals surface area contributed by atoms with Gasteiger partial charge in [0.15, 0.2) is 0 Å². The summed E-state index contributed by atoms with van der Waals surface area (Å²) in [6.07, 6.45) is 1.21. The number of imidazole rings is 1. The van der Waals surface area contributed by atoms with Crippen molar-refractivity contribution >= 4 is 29.0 Å². The number of amides is 1. The first-order chi connectivity index (χ1) is 16.1. The Morgan fingerprint density at radius 1 is 1.21 bits per heavy atom. The van der Waals surface area contributed by atoms with E-state index in [0.29, 0.717) is 30.1 Å². The summed E-state index contributed by atoms with van der Waals surface area (Å²) in [4.78, 5) is 30.8. The third-order valence-electron chi connectivity index (χ3n) is 5.65. The molecule has 1 saturated heterocycles. The average Bonchev–Trinajstić information content (AvgIpc) is 3.11. The first-order valence-corrected chi connectivity index (χ1v) is 11.3. The molecule has 1 atom stereocenters. The van der Waals surface area contributed by atoms with Gasteiger partial charge in [0, 0.05) is 19.1 Å². The van der Waals surface area contributed by atoms with Gasteiger partial charge < -0.3 is 24.6 Å². The molecule has 1 aliphatic rings. The topological polar surface area (TPSA) is 96.7 Å². The summed E-state index contributed by atoms with van der Waals surface area (Å²) in [5.74, 6) is -0.658. The average molecular weight is 469 g/mol. The van der Waals surface area contributed by atoms with Gasteiger partial charge in [0.05, 0.1) is 23.1 Å². The van der Waals surface area contributed by atoms with Gasteiger partial charge in [-0.2, -0.15) is 0 Å². The van der Waals surface area contributed by atoms with Crippen LogP contribution < -0.4 is 10.2 Å². The number of aromatic carboxylic acids is 1. The molecular formula is C25H29FN4O4. The second-order valence-electron chi connectivity index (χ2n) is 9.56. The number of rotatable bonds is 5. The summed E-state index contributed by atoms with van der Waals surface area (Å²) >= 11 is 0. The number of carbonyl (C=O) groups excluding carboxylic acids is 1. The highest BCUT2D eigenvalue weighted by Crippen LogP contribution is 2.27. The monoisotopic (exact) mass is 468 g/mol. The molecule has 9 heteroatoms. The number of halogens is 1. The van der Waals surface area contributed by atoms with Gasteiger partial charge in [-0.25, -0.2) is 19.0 Å². The maximum absolute atomic E-state index is 13.4. The molecule has 180 valence electrons. The number of alkyl carbamates (subject to hydrolysis) is 1. The van der Waals surface area contributed by atoms with Crippen molar-refractivity contribution in [3.8, 4) is 0 Å². The highest BCUT2D eigenvalue weighted by atomic mass is 19.1. The van der Waals surface area contributed by atoms with Crippen LogP contribution in [0.2, 0.25) is 0 Å². The number of anilines is 1. The van der Waals surface area contributed by atoms with E-state index in [9.17, 15) is 19.1 Å². The van der Waals surface area contributed by atoms with Crippen LogP contribution in [0.1, 0.15) is 49.5 Å². The predicted octanol–water partition coefficient (Wildman–Crippen LogP) is 4.42. The third kappa shape index (κ3) is 5.47. The van der Waals surface area contributed by atoms with Crippen molar-refractivity contribution in [3.05, 3.63) is 59.4 Å². The Labute approximate surface area is 197 Å². The van der Waals surface area contributed by atoms with Gasteiger partial charge >= 0.3 is 12.1 Å². The Balaban J connectivity index is 1.65. The fraction of sp³-hybridized carbons (Fsp3) is 0.400. The molecule has 0 spiro atoms. The quantitative estimate of drug-likeness (QED) is 0.576. The van der Waals surface area contributed by atoms with Crippen molar-refractivity contribution in [2.24, 2.45) is 0 Å². The van der Waals surface area contributed by atoms with Crippen LogP contribution in [0, 0.1) is 5.82 Å². The van der Waals surface area contributed by atoms with Gasteiger partial charge in [0.1, 0.15) is 11.4 Å². The van der Waals surface area contributed by atoms with Crippen LogP contribution in [0.5, 0.6) is 0 Å². The number of nitrogens with zero attached hydrogens (tertiary/aromatic N) is 3. The van der Waals surface area contributed by atoms with E-state index in [1.165, 1.54) is 18.2 Å². The lowest BCUT2D eigenvalue weighted by Crippen LogP contribution is -2.49. The Hall–Kier alpha value is -3.62.